The first-order valence-corrected chi connectivity index (χ1v) is 13.1. The number of hydrogen-bond acceptors (Lipinski definition) is 12. The van der Waals surface area contributed by atoms with E-state index in [-0.39, 0.29) is 18.1 Å². The predicted octanol–water partition coefficient (Wildman–Crippen LogP) is 0.154. The van der Waals surface area contributed by atoms with Crippen LogP contribution in [0.1, 0.15) is 33.3 Å². The van der Waals surface area contributed by atoms with Crippen LogP contribution in [0, 0.1) is 6.92 Å². The second-order valence-electron chi connectivity index (χ2n) is 10.0. The van der Waals surface area contributed by atoms with E-state index < -0.39 is 70.9 Å². The molecule has 3 N–H and O–H groups in total. The minimum Gasteiger partial charge on any atom is -0.394 e. The Morgan fingerprint density at radius 1 is 0.833 bits per heavy atom. The van der Waals surface area contributed by atoms with Crippen LogP contribution in [0.2, 0.25) is 0 Å². The number of aliphatic hydroxyl groups excluding tert-OH is 3. The summed E-state index contributed by atoms with van der Waals surface area (Å²) in [6.45, 7) is 8.29. The molecule has 4 saturated heterocycles. The molecular weight excluding hydrogens is 500 g/mol. The maximum Gasteiger partial charge on any atom is 0.297 e. The first-order chi connectivity index (χ1) is 16.7. The van der Waals surface area contributed by atoms with Gasteiger partial charge in [0.2, 0.25) is 0 Å². The number of rotatable bonds is 5. The van der Waals surface area contributed by atoms with Crippen LogP contribution in [0.25, 0.3) is 0 Å². The Morgan fingerprint density at radius 2 is 1.31 bits per heavy atom. The third kappa shape index (κ3) is 5.92. The van der Waals surface area contributed by atoms with Gasteiger partial charge in [-0.2, -0.15) is 8.42 Å². The maximum atomic E-state index is 12.1. The monoisotopic (exact) mass is 534 g/mol. The van der Waals surface area contributed by atoms with Gasteiger partial charge < -0.3 is 43.7 Å². The van der Waals surface area contributed by atoms with Crippen molar-refractivity contribution in [2.75, 3.05) is 13.2 Å². The lowest BCUT2D eigenvalue weighted by Gasteiger charge is -2.22. The Morgan fingerprint density at radius 3 is 1.78 bits per heavy atom. The van der Waals surface area contributed by atoms with Gasteiger partial charge in [-0.25, -0.2) is 0 Å². The van der Waals surface area contributed by atoms with Gasteiger partial charge in [0, 0.05) is 0 Å². The van der Waals surface area contributed by atoms with Gasteiger partial charge in [0.05, 0.1) is 18.1 Å². The maximum absolute atomic E-state index is 12.1. The highest BCUT2D eigenvalue weighted by molar-refractivity contribution is 7.86. The molecule has 13 heteroatoms. The van der Waals surface area contributed by atoms with Crippen LogP contribution in [0.4, 0.5) is 0 Å². The van der Waals surface area contributed by atoms with Crippen molar-refractivity contribution in [2.45, 2.75) is 100 Å². The highest BCUT2D eigenvalue weighted by Crippen LogP contribution is 2.38. The lowest BCUT2D eigenvalue weighted by atomic mass is 10.1. The summed E-state index contributed by atoms with van der Waals surface area (Å²) in [5, 5.41) is 28.6. The SMILES string of the molecule is CC1(C)O[C@H]2O[C@H](CO)[C@H](O)[C@H]2O1.Cc1ccc(S(=O)(=O)OC[C@H]2O[C@@H]3OC(C)(C)O[C@@H]3[C@H]2O)cc1. The summed E-state index contributed by atoms with van der Waals surface area (Å²) < 4.78 is 61.8. The lowest BCUT2D eigenvalue weighted by molar-refractivity contribution is -0.218. The fraction of sp³-hybridized carbons (Fsp3) is 0.739. The van der Waals surface area contributed by atoms with Gasteiger partial charge in [0.25, 0.3) is 10.1 Å². The number of fused-ring (bicyclic) bond motifs is 2. The molecule has 4 aliphatic heterocycles. The van der Waals surface area contributed by atoms with Crippen molar-refractivity contribution in [1.29, 1.82) is 0 Å². The van der Waals surface area contributed by atoms with E-state index in [0.717, 1.165) is 5.56 Å². The van der Waals surface area contributed by atoms with Gasteiger partial charge in [0.15, 0.2) is 24.2 Å². The van der Waals surface area contributed by atoms with Crippen molar-refractivity contribution in [2.24, 2.45) is 0 Å². The lowest BCUT2D eigenvalue weighted by Crippen LogP contribution is -2.37. The highest BCUT2D eigenvalue weighted by atomic mass is 32.2. The highest BCUT2D eigenvalue weighted by Gasteiger charge is 2.55. The zero-order valence-corrected chi connectivity index (χ0v) is 21.6. The molecule has 0 bridgehead atoms. The third-order valence-corrected chi connectivity index (χ3v) is 7.40. The van der Waals surface area contributed by atoms with E-state index >= 15 is 0 Å². The van der Waals surface area contributed by atoms with Gasteiger partial charge in [-0.1, -0.05) is 17.7 Å². The van der Waals surface area contributed by atoms with Gasteiger partial charge in [0.1, 0.15) is 36.6 Å². The summed E-state index contributed by atoms with van der Waals surface area (Å²) in [7, 11) is -3.91. The molecule has 0 amide bonds. The quantitative estimate of drug-likeness (QED) is 0.440. The molecule has 0 aliphatic carbocycles. The molecule has 0 spiro atoms. The Hall–Kier alpha value is -1.23. The van der Waals surface area contributed by atoms with E-state index in [1.807, 2.05) is 6.92 Å². The summed E-state index contributed by atoms with van der Waals surface area (Å²) >= 11 is 0. The summed E-state index contributed by atoms with van der Waals surface area (Å²) in [5.74, 6) is -1.55. The second-order valence-corrected chi connectivity index (χ2v) is 11.6. The van der Waals surface area contributed by atoms with Crippen molar-refractivity contribution in [1.82, 2.24) is 0 Å². The molecule has 12 nitrogen and oxygen atoms in total. The van der Waals surface area contributed by atoms with E-state index in [9.17, 15) is 18.6 Å². The van der Waals surface area contributed by atoms with Crippen LogP contribution in [-0.2, 0) is 42.7 Å². The fourth-order valence-corrected chi connectivity index (χ4v) is 5.25. The van der Waals surface area contributed by atoms with Crippen LogP contribution in [0.5, 0.6) is 0 Å². The normalized spacial score (nSPS) is 38.3. The molecule has 204 valence electrons. The van der Waals surface area contributed by atoms with Crippen LogP contribution >= 0.6 is 0 Å². The molecule has 4 aliphatic rings. The van der Waals surface area contributed by atoms with E-state index in [1.165, 1.54) is 12.1 Å². The third-order valence-electron chi connectivity index (χ3n) is 6.11. The number of benzene rings is 1. The Labute approximate surface area is 210 Å². The summed E-state index contributed by atoms with van der Waals surface area (Å²) in [4.78, 5) is 0.0596. The summed E-state index contributed by atoms with van der Waals surface area (Å²) in [5.41, 5.74) is 0.947. The number of aryl methyl sites for hydroxylation is 1. The van der Waals surface area contributed by atoms with Crippen LogP contribution in [0.15, 0.2) is 29.2 Å². The van der Waals surface area contributed by atoms with Gasteiger partial charge in [-0.15, -0.1) is 0 Å². The molecule has 5 rings (SSSR count). The topological polar surface area (TPSA) is 159 Å². The first-order valence-electron chi connectivity index (χ1n) is 11.7. The molecule has 0 radical (unpaired) electrons. The number of hydrogen-bond donors (Lipinski definition) is 3. The summed E-state index contributed by atoms with van der Waals surface area (Å²) in [6.07, 6.45) is -5.66. The predicted molar refractivity (Wildman–Crippen MR) is 121 cm³/mol. The van der Waals surface area contributed by atoms with E-state index in [1.54, 1.807) is 39.8 Å². The average molecular weight is 535 g/mol. The molecule has 0 unspecified atom stereocenters. The summed E-state index contributed by atoms with van der Waals surface area (Å²) in [6, 6.07) is 6.32. The van der Waals surface area contributed by atoms with Gasteiger partial charge in [-0.3, -0.25) is 4.18 Å². The molecule has 1 aromatic rings. The van der Waals surface area contributed by atoms with Gasteiger partial charge >= 0.3 is 0 Å². The Kier molecular flexibility index (Phi) is 7.84. The minimum absolute atomic E-state index is 0.0596. The zero-order chi connectivity index (χ0) is 26.5. The molecule has 4 heterocycles. The van der Waals surface area contributed by atoms with Crippen LogP contribution < -0.4 is 0 Å². The fourth-order valence-electron chi connectivity index (χ4n) is 4.33. The van der Waals surface area contributed by atoms with Crippen molar-refractivity contribution in [3.8, 4) is 0 Å². The second kappa shape index (κ2) is 10.2. The molecular formula is C23H34O12S. The standard InChI is InChI=1S/C15H20O7S.C8H14O5/c1-9-4-6-10(7-5-9)23(17,18)19-8-11-12(16)13-14(20-11)22-15(2,3)21-13;1-8(2)12-6-5(10)4(3-9)11-7(6)13-8/h4-7,11-14,16H,8H2,1-3H3;4-7,9-10H,3H2,1-2H3/t11-,12+,13-,14-;4-,5+,6-,7-/m11/s1. The van der Waals surface area contributed by atoms with E-state index in [0.29, 0.717) is 0 Å². The first kappa shape index (κ1) is 27.8. The minimum atomic E-state index is -3.91. The van der Waals surface area contributed by atoms with E-state index in [4.69, 9.17) is 37.7 Å². The van der Waals surface area contributed by atoms with E-state index in [2.05, 4.69) is 0 Å². The molecule has 0 aromatic heterocycles. The van der Waals surface area contributed by atoms with Gasteiger partial charge in [-0.05, 0) is 46.8 Å². The zero-order valence-electron chi connectivity index (χ0n) is 20.8. The smallest absolute Gasteiger partial charge is 0.297 e. The molecule has 8 atom stereocenters. The Bertz CT molecular complexity index is 1010. The molecule has 4 fully saturated rings. The van der Waals surface area contributed by atoms with Crippen molar-refractivity contribution in [3.05, 3.63) is 29.8 Å². The van der Waals surface area contributed by atoms with Crippen LogP contribution in [0.3, 0.4) is 0 Å². The molecule has 36 heavy (non-hydrogen) atoms. The van der Waals surface area contributed by atoms with Crippen molar-refractivity contribution in [3.63, 3.8) is 0 Å². The average Bonchev–Trinajstić information content (AvgIpc) is 3.45. The molecule has 1 aromatic carbocycles. The number of aliphatic hydroxyl groups is 3. The largest absolute Gasteiger partial charge is 0.394 e. The van der Waals surface area contributed by atoms with Crippen molar-refractivity contribution >= 4 is 10.1 Å². The molecule has 0 saturated carbocycles. The van der Waals surface area contributed by atoms with Crippen LogP contribution in [-0.4, -0.2) is 97.7 Å². The van der Waals surface area contributed by atoms with Crippen molar-refractivity contribution < 1.29 is 56.3 Å². The Balaban J connectivity index is 0.000000197. The number of ether oxygens (including phenoxy) is 6.